The van der Waals surface area contributed by atoms with E-state index in [0.29, 0.717) is 0 Å². The fourth-order valence-electron chi connectivity index (χ4n) is 1.45. The fourth-order valence-corrected chi connectivity index (χ4v) is 1.73. The van der Waals surface area contributed by atoms with Gasteiger partial charge in [-0.15, -0.1) is 0 Å². The predicted molar refractivity (Wildman–Crippen MR) is 53.5 cm³/mol. The summed E-state index contributed by atoms with van der Waals surface area (Å²) in [5, 5.41) is 2.81. The topological polar surface area (TPSA) is 29.1 Å². The van der Waals surface area contributed by atoms with Gasteiger partial charge in [0.05, 0.1) is 5.25 Å². The van der Waals surface area contributed by atoms with Crippen molar-refractivity contribution in [2.45, 2.75) is 43.8 Å². The normalized spacial score (nSPS) is 27.8. The van der Waals surface area contributed by atoms with Gasteiger partial charge in [-0.05, 0) is 12.8 Å². The summed E-state index contributed by atoms with van der Waals surface area (Å²) < 4.78 is 0. The van der Waals surface area contributed by atoms with Gasteiger partial charge in [0, 0.05) is 6.54 Å². The van der Waals surface area contributed by atoms with E-state index < -0.39 is 0 Å². The van der Waals surface area contributed by atoms with Gasteiger partial charge in [0.25, 0.3) is 0 Å². The van der Waals surface area contributed by atoms with Gasteiger partial charge in [-0.1, -0.05) is 25.7 Å². The van der Waals surface area contributed by atoms with Crippen molar-refractivity contribution >= 4 is 18.5 Å². The molecule has 70 valence electrons. The molecule has 1 unspecified atom stereocenters. The van der Waals surface area contributed by atoms with Gasteiger partial charge in [-0.3, -0.25) is 4.79 Å². The van der Waals surface area contributed by atoms with E-state index in [2.05, 4.69) is 17.9 Å². The Hall–Kier alpha value is -0.180. The van der Waals surface area contributed by atoms with Gasteiger partial charge < -0.3 is 5.32 Å². The molecule has 0 saturated carbocycles. The van der Waals surface area contributed by atoms with E-state index in [9.17, 15) is 4.79 Å². The SMILES string of the molecule is O=C1NCCCCCCCC1S. The average molecular weight is 187 g/mol. The Labute approximate surface area is 79.5 Å². The summed E-state index contributed by atoms with van der Waals surface area (Å²) >= 11 is 4.24. The molecule has 0 aromatic carbocycles. The summed E-state index contributed by atoms with van der Waals surface area (Å²) in [6.07, 6.45) is 6.99. The van der Waals surface area contributed by atoms with E-state index in [1.165, 1.54) is 19.3 Å². The average Bonchev–Trinajstić information content (AvgIpc) is 2.08. The highest BCUT2D eigenvalue weighted by Crippen LogP contribution is 2.12. The molecule has 0 radical (unpaired) electrons. The van der Waals surface area contributed by atoms with Crippen LogP contribution >= 0.6 is 12.6 Å². The summed E-state index contributed by atoms with van der Waals surface area (Å²) in [6, 6.07) is 0. The Morgan fingerprint density at radius 3 is 2.67 bits per heavy atom. The van der Waals surface area contributed by atoms with Crippen LogP contribution in [0.4, 0.5) is 0 Å². The summed E-state index contributed by atoms with van der Waals surface area (Å²) in [5.74, 6) is 0.111. The highest BCUT2D eigenvalue weighted by atomic mass is 32.1. The van der Waals surface area contributed by atoms with E-state index in [1.807, 2.05) is 0 Å². The van der Waals surface area contributed by atoms with Crippen LogP contribution in [0.5, 0.6) is 0 Å². The second-order valence-electron chi connectivity index (χ2n) is 3.36. The molecule has 1 rings (SSSR count). The van der Waals surface area contributed by atoms with Gasteiger partial charge in [0.2, 0.25) is 5.91 Å². The van der Waals surface area contributed by atoms with Gasteiger partial charge in [-0.25, -0.2) is 0 Å². The van der Waals surface area contributed by atoms with Crippen molar-refractivity contribution in [3.8, 4) is 0 Å². The maximum atomic E-state index is 11.2. The van der Waals surface area contributed by atoms with Crippen molar-refractivity contribution < 1.29 is 4.79 Å². The number of carbonyl (C=O) groups excluding carboxylic acids is 1. The molecule has 0 spiro atoms. The van der Waals surface area contributed by atoms with Crippen LogP contribution in [-0.4, -0.2) is 17.7 Å². The first kappa shape index (κ1) is 9.90. The van der Waals surface area contributed by atoms with E-state index in [0.717, 1.165) is 25.8 Å². The number of thiol groups is 1. The molecular formula is C9H17NOS. The highest BCUT2D eigenvalue weighted by Gasteiger charge is 2.13. The lowest BCUT2D eigenvalue weighted by Gasteiger charge is -2.13. The van der Waals surface area contributed by atoms with Gasteiger partial charge in [-0.2, -0.15) is 12.6 Å². The molecule has 1 aliphatic rings. The second-order valence-corrected chi connectivity index (χ2v) is 3.99. The molecule has 2 nitrogen and oxygen atoms in total. The molecule has 0 bridgehead atoms. The molecule has 0 aromatic rings. The molecule has 1 aliphatic heterocycles. The number of amides is 1. The lowest BCUT2D eigenvalue weighted by molar-refractivity contribution is -0.120. The number of rotatable bonds is 0. The van der Waals surface area contributed by atoms with E-state index >= 15 is 0 Å². The summed E-state index contributed by atoms with van der Waals surface area (Å²) in [6.45, 7) is 0.829. The van der Waals surface area contributed by atoms with Crippen LogP contribution in [-0.2, 0) is 4.79 Å². The van der Waals surface area contributed by atoms with E-state index in [-0.39, 0.29) is 11.2 Å². The van der Waals surface area contributed by atoms with Crippen LogP contribution < -0.4 is 5.32 Å². The molecule has 12 heavy (non-hydrogen) atoms. The summed E-state index contributed by atoms with van der Waals surface area (Å²) in [4.78, 5) is 11.2. The minimum Gasteiger partial charge on any atom is -0.355 e. The first-order chi connectivity index (χ1) is 5.80. The van der Waals surface area contributed by atoms with Crippen molar-refractivity contribution in [3.05, 3.63) is 0 Å². The second kappa shape index (κ2) is 5.46. The van der Waals surface area contributed by atoms with Crippen LogP contribution in [0, 0.1) is 0 Å². The Morgan fingerprint density at radius 2 is 1.83 bits per heavy atom. The van der Waals surface area contributed by atoms with Crippen molar-refractivity contribution in [1.82, 2.24) is 5.32 Å². The minimum absolute atomic E-state index is 0.0805. The molecule has 1 saturated heterocycles. The monoisotopic (exact) mass is 187 g/mol. The van der Waals surface area contributed by atoms with E-state index in [1.54, 1.807) is 0 Å². The predicted octanol–water partition coefficient (Wildman–Crippen LogP) is 1.76. The van der Waals surface area contributed by atoms with Crippen molar-refractivity contribution in [1.29, 1.82) is 0 Å². The van der Waals surface area contributed by atoms with Gasteiger partial charge >= 0.3 is 0 Å². The Bertz CT molecular complexity index is 149. The Balaban J connectivity index is 2.31. The zero-order valence-corrected chi connectivity index (χ0v) is 8.28. The number of hydrogen-bond acceptors (Lipinski definition) is 2. The van der Waals surface area contributed by atoms with Crippen LogP contribution in [0.15, 0.2) is 0 Å². The molecule has 1 heterocycles. The van der Waals surface area contributed by atoms with Crippen LogP contribution in [0.1, 0.15) is 38.5 Å². The van der Waals surface area contributed by atoms with E-state index in [4.69, 9.17) is 0 Å². The summed E-state index contributed by atoms with van der Waals surface area (Å²) in [5.41, 5.74) is 0. The van der Waals surface area contributed by atoms with Crippen molar-refractivity contribution in [3.63, 3.8) is 0 Å². The Morgan fingerprint density at radius 1 is 1.17 bits per heavy atom. The molecule has 0 aliphatic carbocycles. The summed E-state index contributed by atoms with van der Waals surface area (Å²) in [7, 11) is 0. The number of carbonyl (C=O) groups is 1. The van der Waals surface area contributed by atoms with Gasteiger partial charge in [0.1, 0.15) is 0 Å². The van der Waals surface area contributed by atoms with Crippen molar-refractivity contribution in [2.24, 2.45) is 0 Å². The highest BCUT2D eigenvalue weighted by molar-refractivity contribution is 7.81. The van der Waals surface area contributed by atoms with Crippen molar-refractivity contribution in [2.75, 3.05) is 6.54 Å². The smallest absolute Gasteiger partial charge is 0.232 e. The molecule has 3 heteroatoms. The first-order valence-electron chi connectivity index (χ1n) is 4.76. The zero-order chi connectivity index (χ0) is 8.81. The molecule has 1 fully saturated rings. The maximum Gasteiger partial charge on any atom is 0.232 e. The largest absolute Gasteiger partial charge is 0.355 e. The third kappa shape index (κ3) is 3.48. The molecule has 0 aromatic heterocycles. The third-order valence-corrected chi connectivity index (χ3v) is 2.75. The third-order valence-electron chi connectivity index (χ3n) is 2.26. The lowest BCUT2D eigenvalue weighted by Crippen LogP contribution is -2.32. The quantitative estimate of drug-likeness (QED) is 0.556. The van der Waals surface area contributed by atoms with Crippen LogP contribution in [0.3, 0.4) is 0 Å². The first-order valence-corrected chi connectivity index (χ1v) is 5.28. The fraction of sp³-hybridized carbons (Fsp3) is 0.889. The maximum absolute atomic E-state index is 11.2. The zero-order valence-electron chi connectivity index (χ0n) is 7.38. The molecule has 1 N–H and O–H groups in total. The van der Waals surface area contributed by atoms with Crippen LogP contribution in [0.25, 0.3) is 0 Å². The number of nitrogens with one attached hydrogen (secondary N) is 1. The standard InChI is InChI=1S/C9H17NOS/c11-9-8(12)6-4-2-1-3-5-7-10-9/h8,12H,1-7H2,(H,10,11). The number of hydrogen-bond donors (Lipinski definition) is 2. The Kier molecular flexibility index (Phi) is 4.51. The minimum atomic E-state index is -0.0805. The molecule has 1 atom stereocenters. The lowest BCUT2D eigenvalue weighted by atomic mass is 10.1. The molecular weight excluding hydrogens is 170 g/mol. The molecule has 1 amide bonds. The van der Waals surface area contributed by atoms with Gasteiger partial charge in [0.15, 0.2) is 0 Å². The van der Waals surface area contributed by atoms with Crippen LogP contribution in [0.2, 0.25) is 0 Å².